The van der Waals surface area contributed by atoms with Crippen LogP contribution in [0.5, 0.6) is 0 Å². The third-order valence-corrected chi connectivity index (χ3v) is 4.38. The van der Waals surface area contributed by atoms with Gasteiger partial charge in [-0.2, -0.15) is 5.26 Å². The molecule has 2 aromatic carbocycles. The third-order valence-electron chi connectivity index (χ3n) is 4.38. The van der Waals surface area contributed by atoms with E-state index in [4.69, 9.17) is 5.26 Å². The van der Waals surface area contributed by atoms with E-state index in [2.05, 4.69) is 35.4 Å². The molecule has 6 heteroatoms. The number of benzene rings is 2. The molecule has 0 saturated carbocycles. The zero-order valence-corrected chi connectivity index (χ0v) is 17.4. The van der Waals surface area contributed by atoms with Crippen molar-refractivity contribution in [1.29, 1.82) is 5.26 Å². The first kappa shape index (κ1) is 20.3. The molecule has 0 bridgehead atoms. The molecule has 1 N–H and O–H groups in total. The van der Waals surface area contributed by atoms with Crippen molar-refractivity contribution in [2.24, 2.45) is 0 Å². The van der Waals surface area contributed by atoms with Crippen LogP contribution in [0, 0.1) is 11.3 Å². The van der Waals surface area contributed by atoms with Crippen LogP contribution in [0.4, 0.5) is 0 Å². The molecular weight excluding hydrogens is 362 g/mol. The second kappa shape index (κ2) is 7.88. The topological polar surface area (TPSA) is 83.6 Å². The van der Waals surface area contributed by atoms with Crippen LogP contribution in [0.3, 0.4) is 0 Å². The molecule has 0 radical (unpaired) electrons. The number of aromatic nitrogens is 3. The molecular formula is C23H25N5O. The Morgan fingerprint density at radius 2 is 1.79 bits per heavy atom. The van der Waals surface area contributed by atoms with Gasteiger partial charge >= 0.3 is 0 Å². The summed E-state index contributed by atoms with van der Waals surface area (Å²) < 4.78 is 1.91. The van der Waals surface area contributed by atoms with Gasteiger partial charge in [-0.05, 0) is 62.2 Å². The molecule has 29 heavy (non-hydrogen) atoms. The van der Waals surface area contributed by atoms with E-state index in [0.717, 1.165) is 22.6 Å². The van der Waals surface area contributed by atoms with Crippen molar-refractivity contribution in [3.63, 3.8) is 0 Å². The molecule has 0 spiro atoms. The van der Waals surface area contributed by atoms with Crippen LogP contribution in [0.2, 0.25) is 0 Å². The van der Waals surface area contributed by atoms with Crippen LogP contribution in [0.1, 0.15) is 62.3 Å². The maximum atomic E-state index is 12.9. The van der Waals surface area contributed by atoms with E-state index in [0.29, 0.717) is 11.1 Å². The Labute approximate surface area is 171 Å². The van der Waals surface area contributed by atoms with E-state index in [1.54, 1.807) is 18.5 Å². The van der Waals surface area contributed by atoms with E-state index in [1.807, 2.05) is 55.7 Å². The fraction of sp³-hybridized carbons (Fsp3) is 0.304. The molecule has 0 saturated heterocycles. The predicted molar refractivity (Wildman–Crippen MR) is 113 cm³/mol. The number of nitrogens with one attached hydrogen (secondary N) is 1. The smallest absolute Gasteiger partial charge is 0.251 e. The molecule has 6 nitrogen and oxygen atoms in total. The Morgan fingerprint density at radius 3 is 2.38 bits per heavy atom. The van der Waals surface area contributed by atoms with Crippen LogP contribution >= 0.6 is 0 Å². The Bertz CT molecular complexity index is 1070. The second-order valence-corrected chi connectivity index (χ2v) is 8.38. The van der Waals surface area contributed by atoms with Gasteiger partial charge in [-0.15, -0.1) is 10.2 Å². The normalized spacial score (nSPS) is 11.3. The van der Waals surface area contributed by atoms with Gasteiger partial charge < -0.3 is 5.32 Å². The summed E-state index contributed by atoms with van der Waals surface area (Å²) in [5, 5.41) is 20.4. The largest absolute Gasteiger partial charge is 0.347 e. The predicted octanol–water partition coefficient (Wildman–Crippen LogP) is 4.46. The minimum atomic E-state index is -0.346. The van der Waals surface area contributed by atoms with Crippen LogP contribution in [0.25, 0.3) is 16.8 Å². The lowest BCUT2D eigenvalue weighted by atomic mass is 9.99. The first-order valence-corrected chi connectivity index (χ1v) is 9.56. The molecule has 0 aliphatic carbocycles. The molecule has 0 aliphatic heterocycles. The van der Waals surface area contributed by atoms with E-state index >= 15 is 0 Å². The van der Waals surface area contributed by atoms with Crippen molar-refractivity contribution in [3.05, 3.63) is 65.7 Å². The first-order chi connectivity index (χ1) is 13.7. The van der Waals surface area contributed by atoms with Gasteiger partial charge in [-0.3, -0.25) is 9.36 Å². The monoisotopic (exact) mass is 387 g/mol. The molecule has 148 valence electrons. The summed E-state index contributed by atoms with van der Waals surface area (Å²) in [6.45, 7) is 9.96. The molecule has 0 unspecified atom stereocenters. The lowest BCUT2D eigenvalue weighted by molar-refractivity contribution is 0.0919. The summed E-state index contributed by atoms with van der Waals surface area (Å²) in [6, 6.07) is 15.2. The summed E-state index contributed by atoms with van der Waals surface area (Å²) in [5.74, 6) is 0.862. The van der Waals surface area contributed by atoms with E-state index in [-0.39, 0.29) is 17.4 Å². The maximum absolute atomic E-state index is 12.9. The fourth-order valence-electron chi connectivity index (χ4n) is 3.03. The third kappa shape index (κ3) is 4.69. The SMILES string of the molecule is CC(C)c1nncn1-c1cc(C(=O)NC(C)(C)C)cc(-c2ccc(C#N)cc2)c1. The molecule has 3 aromatic rings. The van der Waals surface area contributed by atoms with Crippen LogP contribution in [-0.4, -0.2) is 26.2 Å². The van der Waals surface area contributed by atoms with Gasteiger partial charge in [-0.1, -0.05) is 26.0 Å². The second-order valence-electron chi connectivity index (χ2n) is 8.38. The highest BCUT2D eigenvalue weighted by molar-refractivity contribution is 5.96. The number of rotatable bonds is 4. The zero-order chi connectivity index (χ0) is 21.2. The summed E-state index contributed by atoms with van der Waals surface area (Å²) in [5.41, 5.74) is 3.43. The van der Waals surface area contributed by atoms with Crippen molar-refractivity contribution >= 4 is 5.91 Å². The molecule has 0 fully saturated rings. The van der Waals surface area contributed by atoms with Crippen LogP contribution < -0.4 is 5.32 Å². The zero-order valence-electron chi connectivity index (χ0n) is 17.4. The minimum Gasteiger partial charge on any atom is -0.347 e. The van der Waals surface area contributed by atoms with Crippen molar-refractivity contribution < 1.29 is 4.79 Å². The summed E-state index contributed by atoms with van der Waals surface area (Å²) >= 11 is 0. The minimum absolute atomic E-state index is 0.145. The highest BCUT2D eigenvalue weighted by atomic mass is 16.1. The Hall–Kier alpha value is -3.46. The van der Waals surface area contributed by atoms with Crippen LogP contribution in [0.15, 0.2) is 48.8 Å². The Morgan fingerprint density at radius 1 is 1.10 bits per heavy atom. The van der Waals surface area contributed by atoms with Gasteiger partial charge in [0.1, 0.15) is 12.2 Å². The lowest BCUT2D eigenvalue weighted by Gasteiger charge is -2.21. The molecule has 0 aliphatic rings. The van der Waals surface area contributed by atoms with Crippen molar-refractivity contribution in [1.82, 2.24) is 20.1 Å². The standard InChI is InChI=1S/C23H25N5O/c1-15(2)21-27-25-14-28(21)20-11-18(17-8-6-16(13-24)7-9-17)10-19(12-20)22(29)26-23(3,4)5/h6-12,14-15H,1-5H3,(H,26,29). The van der Waals surface area contributed by atoms with E-state index in [9.17, 15) is 4.79 Å². The van der Waals surface area contributed by atoms with Crippen molar-refractivity contribution in [2.45, 2.75) is 46.1 Å². The summed E-state index contributed by atoms with van der Waals surface area (Å²) in [6.07, 6.45) is 1.67. The number of amides is 1. The highest BCUT2D eigenvalue weighted by Gasteiger charge is 2.18. The van der Waals surface area contributed by atoms with Gasteiger partial charge in [0, 0.05) is 22.7 Å². The van der Waals surface area contributed by atoms with Gasteiger partial charge in [0.15, 0.2) is 0 Å². The molecule has 0 atom stereocenters. The van der Waals surface area contributed by atoms with Gasteiger partial charge in [0.25, 0.3) is 5.91 Å². The van der Waals surface area contributed by atoms with Gasteiger partial charge in [-0.25, -0.2) is 0 Å². The van der Waals surface area contributed by atoms with Gasteiger partial charge in [0.2, 0.25) is 0 Å². The van der Waals surface area contributed by atoms with Crippen molar-refractivity contribution in [2.75, 3.05) is 0 Å². The lowest BCUT2D eigenvalue weighted by Crippen LogP contribution is -2.40. The number of hydrogen-bond donors (Lipinski definition) is 1. The fourth-order valence-corrected chi connectivity index (χ4v) is 3.03. The van der Waals surface area contributed by atoms with Crippen molar-refractivity contribution in [3.8, 4) is 22.9 Å². The molecule has 1 heterocycles. The number of carbonyl (C=O) groups excluding carboxylic acids is 1. The van der Waals surface area contributed by atoms with Gasteiger partial charge in [0.05, 0.1) is 11.6 Å². The highest BCUT2D eigenvalue weighted by Crippen LogP contribution is 2.27. The van der Waals surface area contributed by atoms with E-state index in [1.165, 1.54) is 0 Å². The molecule has 3 rings (SSSR count). The number of carbonyl (C=O) groups is 1. The quantitative estimate of drug-likeness (QED) is 0.716. The Kier molecular flexibility index (Phi) is 5.51. The first-order valence-electron chi connectivity index (χ1n) is 9.56. The molecule has 1 aromatic heterocycles. The summed E-state index contributed by atoms with van der Waals surface area (Å²) in [7, 11) is 0. The van der Waals surface area contributed by atoms with E-state index < -0.39 is 0 Å². The Balaban J connectivity index is 2.15. The maximum Gasteiger partial charge on any atom is 0.251 e. The number of nitriles is 1. The summed E-state index contributed by atoms with van der Waals surface area (Å²) in [4.78, 5) is 12.9. The average Bonchev–Trinajstić information content (AvgIpc) is 3.16. The molecule has 1 amide bonds. The number of hydrogen-bond acceptors (Lipinski definition) is 4. The average molecular weight is 387 g/mol. The number of nitrogens with zero attached hydrogens (tertiary/aromatic N) is 4. The van der Waals surface area contributed by atoms with Crippen LogP contribution in [-0.2, 0) is 0 Å².